The van der Waals surface area contributed by atoms with E-state index in [0.717, 1.165) is 12.0 Å². The van der Waals surface area contributed by atoms with Crippen molar-refractivity contribution in [2.45, 2.75) is 26.8 Å². The summed E-state index contributed by atoms with van der Waals surface area (Å²) in [6.07, 6.45) is 5.61. The highest BCUT2D eigenvalue weighted by Gasteiger charge is 2.17. The third kappa shape index (κ3) is 4.43. The molecule has 0 spiro atoms. The molecule has 0 aliphatic heterocycles. The van der Waals surface area contributed by atoms with Crippen LogP contribution in [0.2, 0.25) is 0 Å². The van der Waals surface area contributed by atoms with E-state index in [-0.39, 0.29) is 12.6 Å². The van der Waals surface area contributed by atoms with Crippen LogP contribution in [0.15, 0.2) is 67.1 Å². The molecule has 2 aromatic carbocycles. The predicted octanol–water partition coefficient (Wildman–Crippen LogP) is 4.48. The van der Waals surface area contributed by atoms with E-state index in [1.54, 1.807) is 20.2 Å². The van der Waals surface area contributed by atoms with Crippen molar-refractivity contribution >= 4 is 17.0 Å². The molecule has 0 unspecified atom stereocenters. The van der Waals surface area contributed by atoms with Crippen molar-refractivity contribution in [2.24, 2.45) is 0 Å². The van der Waals surface area contributed by atoms with E-state index in [9.17, 15) is 4.79 Å². The van der Waals surface area contributed by atoms with Crippen molar-refractivity contribution in [1.82, 2.24) is 29.5 Å². The Balaban J connectivity index is 1.43. The molecule has 0 saturated heterocycles. The van der Waals surface area contributed by atoms with Crippen molar-refractivity contribution in [2.75, 3.05) is 13.7 Å². The minimum absolute atomic E-state index is 0.272. The van der Waals surface area contributed by atoms with Crippen LogP contribution in [0.3, 0.4) is 0 Å². The Morgan fingerprint density at radius 2 is 1.78 bits per heavy atom. The number of aryl methyl sites for hydroxylation is 1. The van der Waals surface area contributed by atoms with Crippen molar-refractivity contribution in [3.63, 3.8) is 0 Å². The van der Waals surface area contributed by atoms with Gasteiger partial charge in [-0.2, -0.15) is 15.2 Å². The van der Waals surface area contributed by atoms with Gasteiger partial charge in [-0.3, -0.25) is 4.68 Å². The van der Waals surface area contributed by atoms with Crippen LogP contribution in [0.25, 0.3) is 28.1 Å². The molecule has 0 bridgehead atoms. The molecule has 3 heterocycles. The molecule has 0 atom stereocenters. The zero-order valence-electron chi connectivity index (χ0n) is 20.4. The summed E-state index contributed by atoms with van der Waals surface area (Å²) in [5.74, 6) is 0.191. The number of hydrogen-bond acceptors (Lipinski definition) is 7. The molecule has 0 radical (unpaired) electrons. The molecule has 0 fully saturated rings. The van der Waals surface area contributed by atoms with Gasteiger partial charge in [0.15, 0.2) is 0 Å². The van der Waals surface area contributed by atoms with Gasteiger partial charge in [-0.05, 0) is 35.6 Å². The second-order valence-corrected chi connectivity index (χ2v) is 8.17. The first-order valence-electron chi connectivity index (χ1n) is 11.8. The summed E-state index contributed by atoms with van der Waals surface area (Å²) in [5.41, 5.74) is 6.47. The molecule has 9 heteroatoms. The Morgan fingerprint density at radius 1 is 0.972 bits per heavy atom. The molecule has 0 aliphatic rings. The van der Waals surface area contributed by atoms with Gasteiger partial charge < -0.3 is 9.47 Å². The van der Waals surface area contributed by atoms with Crippen molar-refractivity contribution in [3.05, 3.63) is 83.8 Å². The van der Waals surface area contributed by atoms with Crippen LogP contribution >= 0.6 is 0 Å². The average Bonchev–Trinajstić information content (AvgIpc) is 3.57. The van der Waals surface area contributed by atoms with Gasteiger partial charge in [0.25, 0.3) is 5.95 Å². The first-order chi connectivity index (χ1) is 17.6. The number of rotatable bonds is 8. The predicted molar refractivity (Wildman–Crippen MR) is 135 cm³/mol. The first kappa shape index (κ1) is 23.2. The largest absolute Gasteiger partial charge is 0.479 e. The van der Waals surface area contributed by atoms with Crippen LogP contribution in [0.1, 0.15) is 35.3 Å². The third-order valence-electron chi connectivity index (χ3n) is 5.93. The Labute approximate surface area is 208 Å². The SMILES string of the molecule is CCOC(=O)c1cnn(-c2nc(OC)c3c(cnn3Cc3ccc(-c4ccccc4CC)cc3)n2)c1. The van der Waals surface area contributed by atoms with Gasteiger partial charge in [-0.25, -0.2) is 14.5 Å². The maximum atomic E-state index is 12.0. The molecule has 0 saturated carbocycles. The Morgan fingerprint density at radius 3 is 2.53 bits per heavy atom. The number of carbonyl (C=O) groups is 1. The number of ether oxygens (including phenoxy) is 2. The summed E-state index contributed by atoms with van der Waals surface area (Å²) < 4.78 is 13.8. The van der Waals surface area contributed by atoms with E-state index >= 15 is 0 Å². The van der Waals surface area contributed by atoms with Crippen molar-refractivity contribution in [1.29, 1.82) is 0 Å². The highest BCUT2D eigenvalue weighted by atomic mass is 16.5. The molecule has 36 heavy (non-hydrogen) atoms. The number of aromatic nitrogens is 6. The lowest BCUT2D eigenvalue weighted by Crippen LogP contribution is -2.07. The minimum Gasteiger partial charge on any atom is -0.479 e. The lowest BCUT2D eigenvalue weighted by molar-refractivity contribution is 0.0526. The summed E-state index contributed by atoms with van der Waals surface area (Å²) >= 11 is 0. The number of benzene rings is 2. The summed E-state index contributed by atoms with van der Waals surface area (Å²) in [6, 6.07) is 17.0. The van der Waals surface area contributed by atoms with Crippen LogP contribution in [0.4, 0.5) is 0 Å². The van der Waals surface area contributed by atoms with Crippen LogP contribution in [0.5, 0.6) is 5.88 Å². The monoisotopic (exact) mass is 482 g/mol. The summed E-state index contributed by atoms with van der Waals surface area (Å²) in [7, 11) is 1.55. The second-order valence-electron chi connectivity index (χ2n) is 8.17. The molecule has 3 aromatic heterocycles. The second kappa shape index (κ2) is 9.99. The lowest BCUT2D eigenvalue weighted by Gasteiger charge is -2.10. The van der Waals surface area contributed by atoms with Gasteiger partial charge in [-0.15, -0.1) is 0 Å². The smallest absolute Gasteiger partial charge is 0.341 e. The fraction of sp³-hybridized carbons (Fsp3) is 0.222. The molecule has 0 amide bonds. The normalized spacial score (nSPS) is 11.1. The van der Waals surface area contributed by atoms with Crippen molar-refractivity contribution < 1.29 is 14.3 Å². The topological polar surface area (TPSA) is 97.0 Å². The molecular formula is C27H26N6O3. The molecule has 5 rings (SSSR count). The molecule has 0 aliphatic carbocycles. The molecule has 182 valence electrons. The first-order valence-corrected chi connectivity index (χ1v) is 11.8. The van der Waals surface area contributed by atoms with Crippen molar-refractivity contribution in [3.8, 4) is 23.0 Å². The average molecular weight is 483 g/mol. The van der Waals surface area contributed by atoms with Gasteiger partial charge in [-0.1, -0.05) is 55.5 Å². The summed E-state index contributed by atoms with van der Waals surface area (Å²) in [6.45, 7) is 4.74. The van der Waals surface area contributed by atoms with E-state index in [0.29, 0.717) is 29.0 Å². The highest BCUT2D eigenvalue weighted by Crippen LogP contribution is 2.27. The van der Waals surface area contributed by atoms with Crippen LogP contribution in [-0.4, -0.2) is 49.2 Å². The third-order valence-corrected chi connectivity index (χ3v) is 5.93. The molecule has 0 N–H and O–H groups in total. The van der Waals surface area contributed by atoms with Gasteiger partial charge in [0, 0.05) is 6.20 Å². The van der Waals surface area contributed by atoms with Gasteiger partial charge in [0.2, 0.25) is 5.88 Å². The highest BCUT2D eigenvalue weighted by molar-refractivity contribution is 5.88. The number of esters is 1. The summed E-state index contributed by atoms with van der Waals surface area (Å²) in [4.78, 5) is 21.1. The van der Waals surface area contributed by atoms with E-state index < -0.39 is 5.97 Å². The fourth-order valence-electron chi connectivity index (χ4n) is 4.14. The number of fused-ring (bicyclic) bond motifs is 1. The van der Waals surface area contributed by atoms with Crippen LogP contribution in [0, 0.1) is 0 Å². The zero-order valence-corrected chi connectivity index (χ0v) is 20.4. The molecular weight excluding hydrogens is 456 g/mol. The van der Waals surface area contributed by atoms with Crippen LogP contribution in [-0.2, 0) is 17.7 Å². The van der Waals surface area contributed by atoms with Gasteiger partial charge in [0.05, 0.1) is 38.2 Å². The molecule has 9 nitrogen and oxygen atoms in total. The van der Waals surface area contributed by atoms with E-state index in [4.69, 9.17) is 9.47 Å². The van der Waals surface area contributed by atoms with E-state index in [1.165, 1.54) is 33.8 Å². The minimum atomic E-state index is -0.450. The Hall–Kier alpha value is -4.53. The molecule has 5 aromatic rings. The van der Waals surface area contributed by atoms with Gasteiger partial charge >= 0.3 is 5.97 Å². The maximum absolute atomic E-state index is 12.0. The lowest BCUT2D eigenvalue weighted by atomic mass is 9.97. The number of carbonyl (C=O) groups excluding carboxylic acids is 1. The van der Waals surface area contributed by atoms with Gasteiger partial charge in [0.1, 0.15) is 11.0 Å². The quantitative estimate of drug-likeness (QED) is 0.301. The summed E-state index contributed by atoms with van der Waals surface area (Å²) in [5, 5.41) is 8.73. The maximum Gasteiger partial charge on any atom is 0.341 e. The van der Waals surface area contributed by atoms with E-state index in [1.807, 2.05) is 4.68 Å². The standard InChI is InChI=1S/C27H26N6O3/c1-4-19-8-6-7-9-22(19)20-12-10-18(11-13-20)16-32-24-23(15-29-32)30-27(31-25(24)35-3)33-17-21(14-28-33)26(34)36-5-2/h6-15,17H,4-5,16H2,1-3H3. The fourth-order valence-corrected chi connectivity index (χ4v) is 4.14. The number of methoxy groups -OCH3 is 1. The Bertz CT molecular complexity index is 1520. The van der Waals surface area contributed by atoms with Crippen LogP contribution < -0.4 is 4.74 Å². The number of nitrogens with zero attached hydrogens (tertiary/aromatic N) is 6. The van der Waals surface area contributed by atoms with E-state index in [2.05, 4.69) is 75.6 Å². The Kier molecular flexibility index (Phi) is 6.44. The number of hydrogen-bond donors (Lipinski definition) is 0. The zero-order chi connectivity index (χ0) is 25.1.